The fourth-order valence-electron chi connectivity index (χ4n) is 5.59. The first kappa shape index (κ1) is 38.5. The van der Waals surface area contributed by atoms with Crippen molar-refractivity contribution in [1.82, 2.24) is 4.90 Å². The fourth-order valence-corrected chi connectivity index (χ4v) is 5.59. The Morgan fingerprint density at radius 1 is 0.922 bits per heavy atom. The van der Waals surface area contributed by atoms with Crippen molar-refractivity contribution in [2.45, 2.75) is 77.9 Å². The molecule has 0 saturated carbocycles. The Labute approximate surface area is 299 Å². The molecule has 1 fully saturated rings. The number of carbonyl (C=O) groups is 4. The number of hydrogen-bond donors (Lipinski definition) is 2. The van der Waals surface area contributed by atoms with Crippen LogP contribution in [0.5, 0.6) is 17.2 Å². The molecule has 1 aliphatic heterocycles. The number of rotatable bonds is 14. The Balaban J connectivity index is 1.40. The predicted molar refractivity (Wildman–Crippen MR) is 194 cm³/mol. The Bertz CT molecular complexity index is 1690. The molecule has 1 saturated heterocycles. The number of anilines is 2. The average molecular weight is 704 g/mol. The lowest BCUT2D eigenvalue weighted by molar-refractivity contribution is -0.137. The number of benzene rings is 3. The second-order valence-electron chi connectivity index (χ2n) is 13.5. The Hall–Kier alpha value is -5.26. The van der Waals surface area contributed by atoms with Crippen molar-refractivity contribution in [2.24, 2.45) is 0 Å². The zero-order valence-corrected chi connectivity index (χ0v) is 30.3. The van der Waals surface area contributed by atoms with Gasteiger partial charge in [0.25, 0.3) is 11.8 Å². The molecule has 0 aliphatic carbocycles. The van der Waals surface area contributed by atoms with E-state index in [0.717, 1.165) is 12.0 Å². The highest BCUT2D eigenvalue weighted by Crippen LogP contribution is 2.33. The zero-order valence-electron chi connectivity index (χ0n) is 30.3. The summed E-state index contributed by atoms with van der Waals surface area (Å²) >= 11 is 0. The first-order valence-corrected chi connectivity index (χ1v) is 17.2. The molecule has 0 radical (unpaired) electrons. The number of nitrogens with zero attached hydrogens (tertiary/aromatic N) is 2. The van der Waals surface area contributed by atoms with Gasteiger partial charge in [0.15, 0.2) is 0 Å². The maximum absolute atomic E-state index is 13.7. The summed E-state index contributed by atoms with van der Waals surface area (Å²) in [5, 5.41) is 11.7. The van der Waals surface area contributed by atoms with Crippen molar-refractivity contribution in [3.8, 4) is 17.2 Å². The standard InChI is InChI=1S/C39H49N3O9/c1-26-15-18-31(34(24-26)49-23-11-7-8-14-35(43)44)41(5)37(46)27-16-17-30(33(25-27)48-6)40-36(45)29-12-9-10-13-32(29)50-28-19-21-42(22-20-28)38(47)51-39(2,3)4/h9-10,12-13,15-18,24-25,28H,7-8,11,14,19-23H2,1-6H3,(H,40,45)(H,43,44). The van der Waals surface area contributed by atoms with Crippen molar-refractivity contribution in [2.75, 3.05) is 44.1 Å². The molecule has 3 aromatic rings. The second kappa shape index (κ2) is 17.6. The topological polar surface area (TPSA) is 144 Å². The highest BCUT2D eigenvalue weighted by molar-refractivity contribution is 6.09. The van der Waals surface area contributed by atoms with Crippen LogP contribution in [0, 0.1) is 6.92 Å². The summed E-state index contributed by atoms with van der Waals surface area (Å²) in [6.07, 6.45) is 2.78. The van der Waals surface area contributed by atoms with Gasteiger partial charge in [-0.25, -0.2) is 4.79 Å². The molecule has 0 atom stereocenters. The van der Waals surface area contributed by atoms with Crippen LogP contribution in [0.3, 0.4) is 0 Å². The van der Waals surface area contributed by atoms with E-state index in [2.05, 4.69) is 5.32 Å². The van der Waals surface area contributed by atoms with Gasteiger partial charge in [-0.2, -0.15) is 0 Å². The van der Waals surface area contributed by atoms with Crippen molar-refractivity contribution in [3.63, 3.8) is 0 Å². The number of carboxylic acid groups (broad SMARTS) is 1. The van der Waals surface area contributed by atoms with Crippen LogP contribution < -0.4 is 24.4 Å². The summed E-state index contributed by atoms with van der Waals surface area (Å²) in [6, 6.07) is 17.4. The molecule has 1 aliphatic rings. The predicted octanol–water partition coefficient (Wildman–Crippen LogP) is 7.33. The van der Waals surface area contributed by atoms with Gasteiger partial charge >= 0.3 is 12.1 Å². The number of hydrogen-bond acceptors (Lipinski definition) is 8. The van der Waals surface area contributed by atoms with E-state index in [9.17, 15) is 19.2 Å². The largest absolute Gasteiger partial charge is 0.495 e. The molecule has 51 heavy (non-hydrogen) atoms. The molecule has 0 unspecified atom stereocenters. The monoisotopic (exact) mass is 703 g/mol. The van der Waals surface area contributed by atoms with Crippen LogP contribution in [0.1, 0.15) is 85.6 Å². The van der Waals surface area contributed by atoms with Crippen molar-refractivity contribution in [3.05, 3.63) is 77.4 Å². The third kappa shape index (κ3) is 11.1. The number of likely N-dealkylation sites (tertiary alicyclic amines) is 1. The molecular weight excluding hydrogens is 654 g/mol. The molecule has 0 spiro atoms. The van der Waals surface area contributed by atoms with Gasteiger partial charge in [-0.3, -0.25) is 14.4 Å². The quantitative estimate of drug-likeness (QED) is 0.165. The maximum Gasteiger partial charge on any atom is 0.410 e. The zero-order chi connectivity index (χ0) is 37.1. The molecule has 1 heterocycles. The molecule has 2 N–H and O–H groups in total. The molecule has 0 aromatic heterocycles. The number of piperidine rings is 1. The van der Waals surface area contributed by atoms with Crippen LogP contribution in [0.4, 0.5) is 16.2 Å². The van der Waals surface area contributed by atoms with E-state index in [1.807, 2.05) is 45.9 Å². The van der Waals surface area contributed by atoms with Crippen LogP contribution in [-0.2, 0) is 9.53 Å². The Morgan fingerprint density at radius 2 is 1.65 bits per heavy atom. The molecular formula is C39H49N3O9. The minimum Gasteiger partial charge on any atom is -0.495 e. The van der Waals surface area contributed by atoms with Gasteiger partial charge in [0.05, 0.1) is 30.7 Å². The van der Waals surface area contributed by atoms with Crippen molar-refractivity contribution >= 4 is 35.3 Å². The van der Waals surface area contributed by atoms with E-state index < -0.39 is 17.5 Å². The van der Waals surface area contributed by atoms with Gasteiger partial charge in [-0.05, 0) is 95.0 Å². The Kier molecular flexibility index (Phi) is 13.3. The van der Waals surface area contributed by atoms with Crippen molar-refractivity contribution in [1.29, 1.82) is 0 Å². The van der Waals surface area contributed by atoms with E-state index in [1.54, 1.807) is 54.4 Å². The van der Waals surface area contributed by atoms with Crippen LogP contribution >= 0.6 is 0 Å². The summed E-state index contributed by atoms with van der Waals surface area (Å²) in [7, 11) is 3.12. The third-order valence-electron chi connectivity index (χ3n) is 8.29. The van der Waals surface area contributed by atoms with Crippen LogP contribution in [0.2, 0.25) is 0 Å². The summed E-state index contributed by atoms with van der Waals surface area (Å²) in [6.45, 7) is 8.81. The van der Waals surface area contributed by atoms with Gasteiger partial charge in [-0.1, -0.05) is 18.2 Å². The van der Waals surface area contributed by atoms with Gasteiger partial charge < -0.3 is 39.2 Å². The van der Waals surface area contributed by atoms with Crippen LogP contribution in [0.25, 0.3) is 0 Å². The number of carbonyl (C=O) groups excluding carboxylic acids is 3. The molecule has 12 nitrogen and oxygen atoms in total. The summed E-state index contributed by atoms with van der Waals surface area (Å²) in [4.78, 5) is 53.6. The van der Waals surface area contributed by atoms with Crippen LogP contribution in [0.15, 0.2) is 60.7 Å². The molecule has 0 bridgehead atoms. The second-order valence-corrected chi connectivity index (χ2v) is 13.5. The van der Waals surface area contributed by atoms with E-state index in [1.165, 1.54) is 12.0 Å². The lowest BCUT2D eigenvalue weighted by atomic mass is 10.1. The van der Waals surface area contributed by atoms with E-state index in [-0.39, 0.29) is 24.5 Å². The van der Waals surface area contributed by atoms with Gasteiger partial charge in [0, 0.05) is 45.0 Å². The minimum atomic E-state index is -0.814. The molecule has 3 amide bonds. The van der Waals surface area contributed by atoms with Gasteiger partial charge in [0.1, 0.15) is 29.0 Å². The number of nitrogens with one attached hydrogen (secondary N) is 1. The third-order valence-corrected chi connectivity index (χ3v) is 8.29. The molecule has 3 aromatic carbocycles. The maximum atomic E-state index is 13.7. The first-order valence-electron chi connectivity index (χ1n) is 17.2. The lowest BCUT2D eigenvalue weighted by Crippen LogP contribution is -2.44. The van der Waals surface area contributed by atoms with E-state index in [0.29, 0.717) is 85.1 Å². The van der Waals surface area contributed by atoms with E-state index >= 15 is 0 Å². The van der Waals surface area contributed by atoms with Gasteiger partial charge in [0.2, 0.25) is 0 Å². The normalized spacial score (nSPS) is 13.3. The number of carboxylic acids is 1. The number of ether oxygens (including phenoxy) is 4. The van der Waals surface area contributed by atoms with Gasteiger partial charge in [-0.15, -0.1) is 0 Å². The molecule has 12 heteroatoms. The number of para-hydroxylation sites is 1. The SMILES string of the molecule is COc1cc(C(=O)N(C)c2ccc(C)cc2OCCCCCC(=O)O)ccc1NC(=O)c1ccccc1OC1CCN(C(=O)OC(C)(C)C)CC1. The summed E-state index contributed by atoms with van der Waals surface area (Å²) < 4.78 is 23.4. The summed E-state index contributed by atoms with van der Waals surface area (Å²) in [5.41, 5.74) is 2.04. The number of aryl methyl sites for hydroxylation is 1. The molecule has 274 valence electrons. The lowest BCUT2D eigenvalue weighted by Gasteiger charge is -2.33. The average Bonchev–Trinajstić information content (AvgIpc) is 3.09. The minimum absolute atomic E-state index is 0.125. The Morgan fingerprint density at radius 3 is 2.33 bits per heavy atom. The number of methoxy groups -OCH3 is 1. The number of unbranched alkanes of at least 4 members (excludes halogenated alkanes) is 2. The van der Waals surface area contributed by atoms with E-state index in [4.69, 9.17) is 24.1 Å². The van der Waals surface area contributed by atoms with Crippen LogP contribution in [-0.4, -0.2) is 79.4 Å². The number of amides is 3. The summed E-state index contributed by atoms with van der Waals surface area (Å²) in [5.74, 6) is -0.250. The smallest absolute Gasteiger partial charge is 0.410 e. The highest BCUT2D eigenvalue weighted by Gasteiger charge is 2.29. The highest BCUT2D eigenvalue weighted by atomic mass is 16.6. The number of aliphatic carboxylic acids is 1. The van der Waals surface area contributed by atoms with Crippen molar-refractivity contribution < 1.29 is 43.2 Å². The first-order chi connectivity index (χ1) is 24.3. The molecule has 4 rings (SSSR count). The fraction of sp³-hybridized carbons (Fsp3) is 0.436.